The molecule has 0 bridgehead atoms. The molecule has 0 radical (unpaired) electrons. The Kier molecular flexibility index (Phi) is 6.76. The van der Waals surface area contributed by atoms with Crippen LogP contribution in [0.1, 0.15) is 39.6 Å². The SMILES string of the molecule is Cc1cc(C(=O)CSc2nnc(C[C@H]3CCS(=O)(=O)C3)n2C)c(C)n1Cc1ccc(F)cc1. The summed E-state index contributed by atoms with van der Waals surface area (Å²) in [6, 6.07) is 8.26. The standard InChI is InChI=1S/C23H27FN4O3S2/c1-15-10-20(16(2)28(15)12-17-4-6-19(24)7-5-17)21(29)13-32-23-26-25-22(27(23)3)11-18-8-9-33(30,31)14-18/h4-7,10,18H,8-9,11-14H2,1-3H3/t18-/m1/s1. The number of nitrogens with zero attached hydrogens (tertiary/aromatic N) is 4. The minimum atomic E-state index is -2.93. The van der Waals surface area contributed by atoms with Crippen LogP contribution in [-0.4, -0.2) is 50.8 Å². The number of aromatic nitrogens is 4. The van der Waals surface area contributed by atoms with E-state index in [0.29, 0.717) is 30.1 Å². The van der Waals surface area contributed by atoms with Gasteiger partial charge in [-0.15, -0.1) is 10.2 Å². The number of rotatable bonds is 8. The number of benzene rings is 1. The Morgan fingerprint density at radius 2 is 1.94 bits per heavy atom. The summed E-state index contributed by atoms with van der Waals surface area (Å²) in [5, 5.41) is 9.07. The highest BCUT2D eigenvalue weighted by Gasteiger charge is 2.29. The number of ketones is 1. The van der Waals surface area contributed by atoms with Crippen LogP contribution < -0.4 is 0 Å². The molecule has 2 aromatic heterocycles. The molecule has 1 aliphatic heterocycles. The van der Waals surface area contributed by atoms with Gasteiger partial charge in [0.2, 0.25) is 0 Å². The Bertz CT molecular complexity index is 1280. The molecule has 3 aromatic rings. The number of hydrogen-bond acceptors (Lipinski definition) is 6. The molecule has 176 valence electrons. The first kappa shape index (κ1) is 23.7. The van der Waals surface area contributed by atoms with Crippen molar-refractivity contribution in [1.82, 2.24) is 19.3 Å². The zero-order valence-electron chi connectivity index (χ0n) is 18.9. The van der Waals surface area contributed by atoms with Gasteiger partial charge in [-0.05, 0) is 49.9 Å². The lowest BCUT2D eigenvalue weighted by Crippen LogP contribution is -2.11. The molecule has 0 spiro atoms. The Morgan fingerprint density at radius 1 is 1.21 bits per heavy atom. The van der Waals surface area contributed by atoms with Crippen LogP contribution in [0.2, 0.25) is 0 Å². The molecule has 1 fully saturated rings. The lowest BCUT2D eigenvalue weighted by Gasteiger charge is -2.10. The van der Waals surface area contributed by atoms with Gasteiger partial charge in [0, 0.05) is 37.0 Å². The molecule has 7 nitrogen and oxygen atoms in total. The zero-order valence-corrected chi connectivity index (χ0v) is 20.5. The molecule has 33 heavy (non-hydrogen) atoms. The van der Waals surface area contributed by atoms with E-state index in [-0.39, 0.29) is 34.8 Å². The molecule has 1 aromatic carbocycles. The van der Waals surface area contributed by atoms with Crippen LogP contribution in [0.5, 0.6) is 0 Å². The van der Waals surface area contributed by atoms with Gasteiger partial charge in [-0.2, -0.15) is 0 Å². The van der Waals surface area contributed by atoms with Crippen LogP contribution in [0.4, 0.5) is 4.39 Å². The second-order valence-corrected chi connectivity index (χ2v) is 11.8. The van der Waals surface area contributed by atoms with E-state index in [0.717, 1.165) is 22.8 Å². The van der Waals surface area contributed by atoms with Crippen molar-refractivity contribution in [1.29, 1.82) is 0 Å². The number of halogens is 1. The van der Waals surface area contributed by atoms with Gasteiger partial charge in [-0.3, -0.25) is 4.79 Å². The molecule has 1 aliphatic rings. The fourth-order valence-corrected chi connectivity index (χ4v) is 6.92. The van der Waals surface area contributed by atoms with Gasteiger partial charge >= 0.3 is 0 Å². The maximum atomic E-state index is 13.2. The van der Waals surface area contributed by atoms with Gasteiger partial charge in [-0.25, -0.2) is 12.8 Å². The van der Waals surface area contributed by atoms with Crippen molar-refractivity contribution in [2.45, 2.75) is 38.4 Å². The highest BCUT2D eigenvalue weighted by molar-refractivity contribution is 7.99. The maximum Gasteiger partial charge on any atom is 0.191 e. The van der Waals surface area contributed by atoms with Crippen molar-refractivity contribution in [2.75, 3.05) is 17.3 Å². The highest BCUT2D eigenvalue weighted by atomic mass is 32.2. The molecule has 0 N–H and O–H groups in total. The summed E-state index contributed by atoms with van der Waals surface area (Å²) in [6.45, 7) is 4.45. The van der Waals surface area contributed by atoms with E-state index in [2.05, 4.69) is 14.8 Å². The van der Waals surface area contributed by atoms with Crippen LogP contribution in [0.25, 0.3) is 0 Å². The number of carbonyl (C=O) groups is 1. The summed E-state index contributed by atoms with van der Waals surface area (Å²) in [6.07, 6.45) is 1.23. The predicted molar refractivity (Wildman–Crippen MR) is 126 cm³/mol. The van der Waals surface area contributed by atoms with Crippen molar-refractivity contribution >= 4 is 27.4 Å². The molecule has 10 heteroatoms. The molecule has 1 saturated heterocycles. The van der Waals surface area contributed by atoms with Gasteiger partial charge in [0.1, 0.15) is 11.6 Å². The number of sulfone groups is 1. The fourth-order valence-electron chi connectivity index (χ4n) is 4.25. The van der Waals surface area contributed by atoms with Crippen LogP contribution in [0.3, 0.4) is 0 Å². The second-order valence-electron chi connectivity index (χ2n) is 8.64. The van der Waals surface area contributed by atoms with E-state index in [1.807, 2.05) is 31.5 Å². The predicted octanol–water partition coefficient (Wildman–Crippen LogP) is 3.37. The Balaban J connectivity index is 1.40. The largest absolute Gasteiger partial charge is 0.344 e. The molecule has 1 atom stereocenters. The average molecular weight is 491 g/mol. The first-order valence-corrected chi connectivity index (χ1v) is 13.6. The van der Waals surface area contributed by atoms with Gasteiger partial charge in [-0.1, -0.05) is 23.9 Å². The van der Waals surface area contributed by atoms with E-state index in [4.69, 9.17) is 0 Å². The van der Waals surface area contributed by atoms with Crippen LogP contribution in [0.15, 0.2) is 35.5 Å². The Hall–Kier alpha value is -2.46. The lowest BCUT2D eigenvalue weighted by atomic mass is 10.1. The number of hydrogen-bond donors (Lipinski definition) is 0. The highest BCUT2D eigenvalue weighted by Crippen LogP contribution is 2.25. The average Bonchev–Trinajstić information content (AvgIpc) is 3.39. The van der Waals surface area contributed by atoms with Crippen molar-refractivity contribution in [3.63, 3.8) is 0 Å². The minimum Gasteiger partial charge on any atom is -0.344 e. The van der Waals surface area contributed by atoms with Crippen molar-refractivity contribution in [3.05, 3.63) is 64.5 Å². The van der Waals surface area contributed by atoms with Gasteiger partial charge in [0.15, 0.2) is 20.8 Å². The van der Waals surface area contributed by atoms with Crippen LogP contribution in [-0.2, 0) is 29.9 Å². The maximum absolute atomic E-state index is 13.2. The molecule has 0 saturated carbocycles. The smallest absolute Gasteiger partial charge is 0.191 e. The third-order valence-electron chi connectivity index (χ3n) is 6.18. The third-order valence-corrected chi connectivity index (χ3v) is 9.04. The monoisotopic (exact) mass is 490 g/mol. The molecule has 0 amide bonds. The summed E-state index contributed by atoms with van der Waals surface area (Å²) in [5.41, 5.74) is 3.48. The molecule has 0 unspecified atom stereocenters. The van der Waals surface area contributed by atoms with Gasteiger partial charge in [0.25, 0.3) is 0 Å². The molecule has 3 heterocycles. The van der Waals surface area contributed by atoms with Crippen molar-refractivity contribution in [2.24, 2.45) is 13.0 Å². The zero-order chi connectivity index (χ0) is 23.8. The van der Waals surface area contributed by atoms with E-state index >= 15 is 0 Å². The number of thioether (sulfide) groups is 1. The molecule has 4 rings (SSSR count). The van der Waals surface area contributed by atoms with Crippen LogP contribution in [0, 0.1) is 25.6 Å². The second kappa shape index (κ2) is 9.42. The Labute approximate surface area is 197 Å². The summed E-state index contributed by atoms with van der Waals surface area (Å²) >= 11 is 1.33. The quantitative estimate of drug-likeness (QED) is 0.355. The van der Waals surface area contributed by atoms with Crippen molar-refractivity contribution < 1.29 is 17.6 Å². The number of Topliss-reactive ketones (excluding diaryl/α,β-unsaturated/α-hetero) is 1. The molecular formula is C23H27FN4O3S2. The topological polar surface area (TPSA) is 86.9 Å². The first-order valence-electron chi connectivity index (χ1n) is 10.8. The summed E-state index contributed by atoms with van der Waals surface area (Å²) in [7, 11) is -1.08. The van der Waals surface area contributed by atoms with Crippen molar-refractivity contribution in [3.8, 4) is 0 Å². The summed E-state index contributed by atoms with van der Waals surface area (Å²) in [5.74, 6) is 1.22. The Morgan fingerprint density at radius 3 is 2.61 bits per heavy atom. The van der Waals surface area contributed by atoms with E-state index < -0.39 is 9.84 Å². The van der Waals surface area contributed by atoms with Gasteiger partial charge < -0.3 is 9.13 Å². The van der Waals surface area contributed by atoms with Gasteiger partial charge in [0.05, 0.1) is 17.3 Å². The fraction of sp³-hybridized carbons (Fsp3) is 0.435. The molecular weight excluding hydrogens is 463 g/mol. The van der Waals surface area contributed by atoms with Crippen LogP contribution >= 0.6 is 11.8 Å². The summed E-state index contributed by atoms with van der Waals surface area (Å²) < 4.78 is 40.5. The lowest BCUT2D eigenvalue weighted by molar-refractivity contribution is 0.102. The summed E-state index contributed by atoms with van der Waals surface area (Å²) in [4.78, 5) is 13.0. The normalized spacial score (nSPS) is 17.5. The minimum absolute atomic E-state index is 0.00453. The first-order chi connectivity index (χ1) is 15.6. The number of carbonyl (C=O) groups excluding carboxylic acids is 1. The molecule has 0 aliphatic carbocycles. The van der Waals surface area contributed by atoms with E-state index in [1.165, 1.54) is 23.9 Å². The van der Waals surface area contributed by atoms with E-state index in [9.17, 15) is 17.6 Å². The number of aryl methyl sites for hydroxylation is 1. The third kappa shape index (κ3) is 5.38. The van der Waals surface area contributed by atoms with E-state index in [1.54, 1.807) is 12.1 Å².